The topological polar surface area (TPSA) is 35.8 Å². The van der Waals surface area contributed by atoms with E-state index < -0.39 is 0 Å². The van der Waals surface area contributed by atoms with E-state index in [0.717, 1.165) is 28.2 Å². The molecule has 148 valence electrons. The summed E-state index contributed by atoms with van der Waals surface area (Å²) in [6.07, 6.45) is 4.01. The minimum absolute atomic E-state index is 0.149. The molecule has 0 amide bonds. The number of fused-ring (bicyclic) bond motifs is 1. The third-order valence-corrected chi connectivity index (χ3v) is 5.04. The van der Waals surface area contributed by atoms with Gasteiger partial charge in [-0.05, 0) is 46.9 Å². The molecule has 2 heterocycles. The van der Waals surface area contributed by atoms with Gasteiger partial charge in [-0.25, -0.2) is 4.98 Å². The van der Waals surface area contributed by atoms with Gasteiger partial charge in [0.15, 0.2) is 11.5 Å². The highest BCUT2D eigenvalue weighted by Gasteiger charge is 2.13. The van der Waals surface area contributed by atoms with Gasteiger partial charge in [-0.15, -0.1) is 0 Å². The van der Waals surface area contributed by atoms with E-state index in [1.54, 1.807) is 7.11 Å². The minimum Gasteiger partial charge on any atom is -0.493 e. The SMILES string of the molecule is COc1cc(-c2cn3ccccc3n2)ccc1OCc1ccc(C(C)(C)C)cc1. The van der Waals surface area contributed by atoms with Crippen LogP contribution >= 0.6 is 0 Å². The molecule has 0 fully saturated rings. The van der Waals surface area contributed by atoms with E-state index in [-0.39, 0.29) is 5.41 Å². The first-order chi connectivity index (χ1) is 13.9. The van der Waals surface area contributed by atoms with Crippen molar-refractivity contribution in [2.45, 2.75) is 32.8 Å². The van der Waals surface area contributed by atoms with E-state index in [4.69, 9.17) is 9.47 Å². The number of imidazole rings is 1. The molecule has 0 radical (unpaired) electrons. The van der Waals surface area contributed by atoms with E-state index >= 15 is 0 Å². The average molecular weight is 386 g/mol. The molecule has 4 aromatic rings. The summed E-state index contributed by atoms with van der Waals surface area (Å²) in [4.78, 5) is 4.68. The maximum Gasteiger partial charge on any atom is 0.161 e. The summed E-state index contributed by atoms with van der Waals surface area (Å²) in [7, 11) is 1.66. The van der Waals surface area contributed by atoms with Crippen LogP contribution in [0.3, 0.4) is 0 Å². The van der Waals surface area contributed by atoms with Crippen molar-refractivity contribution in [2.75, 3.05) is 7.11 Å². The highest BCUT2D eigenvalue weighted by molar-refractivity contribution is 5.66. The Kier molecular flexibility index (Phi) is 5.01. The Labute approximate surface area is 171 Å². The van der Waals surface area contributed by atoms with E-state index in [1.165, 1.54) is 5.56 Å². The number of ether oxygens (including phenoxy) is 2. The molecule has 0 saturated carbocycles. The Morgan fingerprint density at radius 1 is 0.931 bits per heavy atom. The van der Waals surface area contributed by atoms with Crippen LogP contribution in [-0.4, -0.2) is 16.5 Å². The van der Waals surface area contributed by atoms with Gasteiger partial charge in [-0.1, -0.05) is 51.1 Å². The molecule has 2 aromatic carbocycles. The van der Waals surface area contributed by atoms with Crippen molar-refractivity contribution < 1.29 is 9.47 Å². The average Bonchev–Trinajstić information content (AvgIpc) is 3.16. The Balaban J connectivity index is 1.52. The predicted octanol–water partition coefficient (Wildman–Crippen LogP) is 5.89. The number of rotatable bonds is 5. The van der Waals surface area contributed by atoms with Gasteiger partial charge in [0, 0.05) is 18.0 Å². The molecule has 0 aliphatic rings. The predicted molar refractivity (Wildman–Crippen MR) is 117 cm³/mol. The lowest BCUT2D eigenvalue weighted by Crippen LogP contribution is -2.10. The first-order valence-electron chi connectivity index (χ1n) is 9.78. The Morgan fingerprint density at radius 3 is 2.41 bits per heavy atom. The van der Waals surface area contributed by atoms with Gasteiger partial charge in [-0.3, -0.25) is 0 Å². The first-order valence-corrected chi connectivity index (χ1v) is 9.78. The largest absolute Gasteiger partial charge is 0.493 e. The van der Waals surface area contributed by atoms with Crippen molar-refractivity contribution >= 4 is 5.65 Å². The molecular weight excluding hydrogens is 360 g/mol. The van der Waals surface area contributed by atoms with Crippen LogP contribution in [0.15, 0.2) is 73.1 Å². The Morgan fingerprint density at radius 2 is 1.72 bits per heavy atom. The summed E-state index contributed by atoms with van der Waals surface area (Å²) in [6.45, 7) is 7.14. The van der Waals surface area contributed by atoms with Crippen LogP contribution in [0, 0.1) is 0 Å². The van der Waals surface area contributed by atoms with Gasteiger partial charge >= 0.3 is 0 Å². The van der Waals surface area contributed by atoms with Crippen LogP contribution in [0.4, 0.5) is 0 Å². The zero-order valence-corrected chi connectivity index (χ0v) is 17.3. The van der Waals surface area contributed by atoms with Crippen LogP contribution in [0.25, 0.3) is 16.9 Å². The molecule has 4 nitrogen and oxygen atoms in total. The van der Waals surface area contributed by atoms with Gasteiger partial charge in [-0.2, -0.15) is 0 Å². The van der Waals surface area contributed by atoms with Crippen molar-refractivity contribution in [1.82, 2.24) is 9.38 Å². The van der Waals surface area contributed by atoms with Crippen LogP contribution in [0.1, 0.15) is 31.9 Å². The number of hydrogen-bond donors (Lipinski definition) is 0. The number of pyridine rings is 1. The lowest BCUT2D eigenvalue weighted by Gasteiger charge is -2.19. The maximum atomic E-state index is 6.04. The standard InChI is InChI=1S/C25H26N2O2/c1-25(2,3)20-11-8-18(9-12-20)17-29-22-13-10-19(15-23(22)28-4)21-16-27-14-6-5-7-24(27)26-21/h5-16H,17H2,1-4H3. The fraction of sp³-hybridized carbons (Fsp3) is 0.240. The summed E-state index contributed by atoms with van der Waals surface area (Å²) in [5.41, 5.74) is 5.41. The number of nitrogens with zero attached hydrogens (tertiary/aromatic N) is 2. The van der Waals surface area contributed by atoms with Crippen molar-refractivity contribution in [3.05, 3.63) is 84.2 Å². The number of methoxy groups -OCH3 is 1. The minimum atomic E-state index is 0.149. The molecule has 0 aliphatic carbocycles. The number of aromatic nitrogens is 2. The fourth-order valence-electron chi connectivity index (χ4n) is 3.28. The highest BCUT2D eigenvalue weighted by atomic mass is 16.5. The molecule has 0 atom stereocenters. The second kappa shape index (κ2) is 7.63. The van der Waals surface area contributed by atoms with Gasteiger partial charge in [0.2, 0.25) is 0 Å². The molecule has 0 saturated heterocycles. The smallest absolute Gasteiger partial charge is 0.161 e. The van der Waals surface area contributed by atoms with E-state index in [2.05, 4.69) is 50.0 Å². The first kappa shape index (κ1) is 19.1. The molecule has 0 spiro atoms. The van der Waals surface area contributed by atoms with Gasteiger partial charge in [0.05, 0.1) is 12.8 Å². The molecule has 2 aromatic heterocycles. The summed E-state index contributed by atoms with van der Waals surface area (Å²) < 4.78 is 13.6. The highest BCUT2D eigenvalue weighted by Crippen LogP contribution is 2.33. The van der Waals surface area contributed by atoms with E-state index in [9.17, 15) is 0 Å². The second-order valence-electron chi connectivity index (χ2n) is 8.19. The lowest BCUT2D eigenvalue weighted by molar-refractivity contribution is 0.284. The summed E-state index contributed by atoms with van der Waals surface area (Å²) in [5, 5.41) is 0. The molecule has 0 bridgehead atoms. The van der Waals surface area contributed by atoms with Crippen LogP contribution < -0.4 is 9.47 Å². The molecule has 0 unspecified atom stereocenters. The van der Waals surface area contributed by atoms with Crippen LogP contribution in [0.5, 0.6) is 11.5 Å². The zero-order chi connectivity index (χ0) is 20.4. The Bertz CT molecular complexity index is 1090. The Hall–Kier alpha value is -3.27. The zero-order valence-electron chi connectivity index (χ0n) is 17.3. The van der Waals surface area contributed by atoms with Crippen LogP contribution in [-0.2, 0) is 12.0 Å². The van der Waals surface area contributed by atoms with Gasteiger partial charge < -0.3 is 13.9 Å². The number of hydrogen-bond acceptors (Lipinski definition) is 3. The van der Waals surface area contributed by atoms with Gasteiger partial charge in [0.25, 0.3) is 0 Å². The third-order valence-electron chi connectivity index (χ3n) is 5.04. The fourth-order valence-corrected chi connectivity index (χ4v) is 3.28. The molecule has 4 heteroatoms. The normalized spacial score (nSPS) is 11.6. The summed E-state index contributed by atoms with van der Waals surface area (Å²) in [6, 6.07) is 20.5. The quantitative estimate of drug-likeness (QED) is 0.429. The third kappa shape index (κ3) is 4.11. The molecule has 0 N–H and O–H groups in total. The van der Waals surface area contributed by atoms with Crippen molar-refractivity contribution in [2.24, 2.45) is 0 Å². The van der Waals surface area contributed by atoms with E-state index in [1.807, 2.05) is 53.2 Å². The second-order valence-corrected chi connectivity index (χ2v) is 8.19. The molecule has 4 rings (SSSR count). The van der Waals surface area contributed by atoms with Crippen molar-refractivity contribution in [3.8, 4) is 22.8 Å². The van der Waals surface area contributed by atoms with Crippen molar-refractivity contribution in [1.29, 1.82) is 0 Å². The summed E-state index contributed by atoms with van der Waals surface area (Å²) >= 11 is 0. The number of benzene rings is 2. The monoisotopic (exact) mass is 386 g/mol. The van der Waals surface area contributed by atoms with E-state index in [0.29, 0.717) is 12.4 Å². The molecule has 0 aliphatic heterocycles. The molecular formula is C25H26N2O2. The van der Waals surface area contributed by atoms with Gasteiger partial charge in [0.1, 0.15) is 12.3 Å². The lowest BCUT2D eigenvalue weighted by atomic mass is 9.87. The summed E-state index contributed by atoms with van der Waals surface area (Å²) in [5.74, 6) is 1.42. The van der Waals surface area contributed by atoms with Crippen LogP contribution in [0.2, 0.25) is 0 Å². The molecule has 29 heavy (non-hydrogen) atoms. The van der Waals surface area contributed by atoms with Crippen molar-refractivity contribution in [3.63, 3.8) is 0 Å². The maximum absolute atomic E-state index is 6.04.